The Hall–Kier alpha value is -1.07. The van der Waals surface area contributed by atoms with E-state index in [9.17, 15) is 13.5 Å². The largest absolute Gasteiger partial charge is 0.390 e. The van der Waals surface area contributed by atoms with E-state index < -0.39 is 22.0 Å². The van der Waals surface area contributed by atoms with Gasteiger partial charge in [0.05, 0.1) is 23.7 Å². The minimum Gasteiger partial charge on any atom is -0.390 e. The SMILES string of the molecule is Cc1ccc(N[C@@H]2CS(=O)(=O)C[C@H]2O)cc1C. The molecule has 0 spiro atoms. The third-order valence-electron chi connectivity index (χ3n) is 3.18. The maximum absolute atomic E-state index is 11.4. The lowest BCUT2D eigenvalue weighted by molar-refractivity contribution is 0.190. The lowest BCUT2D eigenvalue weighted by Gasteiger charge is -2.17. The number of anilines is 1. The Morgan fingerprint density at radius 1 is 1.24 bits per heavy atom. The predicted molar refractivity (Wildman–Crippen MR) is 68.0 cm³/mol. The van der Waals surface area contributed by atoms with E-state index in [1.165, 1.54) is 5.56 Å². The summed E-state index contributed by atoms with van der Waals surface area (Å²) in [6.07, 6.45) is -0.818. The molecule has 0 aliphatic carbocycles. The summed E-state index contributed by atoms with van der Waals surface area (Å²) < 4.78 is 22.7. The van der Waals surface area contributed by atoms with Gasteiger partial charge in [-0.1, -0.05) is 6.07 Å². The molecule has 1 aliphatic rings. The molecule has 1 fully saturated rings. The summed E-state index contributed by atoms with van der Waals surface area (Å²) in [5.74, 6) is -0.142. The first-order valence-corrected chi connectivity index (χ1v) is 7.42. The first-order chi connectivity index (χ1) is 7.87. The minimum absolute atomic E-state index is 0.00108. The Morgan fingerprint density at radius 3 is 2.47 bits per heavy atom. The first kappa shape index (κ1) is 12.4. The molecule has 4 nitrogen and oxygen atoms in total. The molecule has 17 heavy (non-hydrogen) atoms. The average molecular weight is 255 g/mol. The molecule has 1 heterocycles. The quantitative estimate of drug-likeness (QED) is 0.823. The molecule has 0 unspecified atom stereocenters. The molecule has 2 rings (SSSR count). The van der Waals surface area contributed by atoms with Crippen LogP contribution >= 0.6 is 0 Å². The van der Waals surface area contributed by atoms with E-state index in [1.54, 1.807) is 0 Å². The van der Waals surface area contributed by atoms with Crippen LogP contribution in [0.4, 0.5) is 5.69 Å². The lowest BCUT2D eigenvalue weighted by Crippen LogP contribution is -2.31. The lowest BCUT2D eigenvalue weighted by atomic mass is 10.1. The molecule has 0 radical (unpaired) electrons. The molecule has 1 saturated heterocycles. The van der Waals surface area contributed by atoms with E-state index in [4.69, 9.17) is 0 Å². The van der Waals surface area contributed by atoms with Gasteiger partial charge in [0.2, 0.25) is 0 Å². The fourth-order valence-corrected chi connectivity index (χ4v) is 3.75. The summed E-state index contributed by atoms with van der Waals surface area (Å²) in [6, 6.07) is 5.45. The van der Waals surface area contributed by atoms with Crippen LogP contribution in [0.3, 0.4) is 0 Å². The van der Waals surface area contributed by atoms with Gasteiger partial charge in [0.15, 0.2) is 9.84 Å². The average Bonchev–Trinajstić information content (AvgIpc) is 2.46. The molecule has 0 aromatic heterocycles. The molecule has 94 valence electrons. The van der Waals surface area contributed by atoms with Crippen molar-refractivity contribution in [1.29, 1.82) is 0 Å². The zero-order chi connectivity index (χ0) is 12.6. The summed E-state index contributed by atoms with van der Waals surface area (Å²) in [6.45, 7) is 4.02. The highest BCUT2D eigenvalue weighted by molar-refractivity contribution is 7.91. The molecule has 5 heteroatoms. The molecule has 1 aromatic rings. The van der Waals surface area contributed by atoms with Gasteiger partial charge in [0, 0.05) is 5.69 Å². The van der Waals surface area contributed by atoms with Crippen molar-refractivity contribution in [2.75, 3.05) is 16.8 Å². The molecule has 1 aliphatic heterocycles. The second-order valence-corrected chi connectivity index (χ2v) is 6.85. The van der Waals surface area contributed by atoms with Crippen LogP contribution in [-0.2, 0) is 9.84 Å². The molecule has 2 N–H and O–H groups in total. The fourth-order valence-electron chi connectivity index (χ4n) is 2.01. The van der Waals surface area contributed by atoms with Crippen LogP contribution in [0.15, 0.2) is 18.2 Å². The zero-order valence-corrected chi connectivity index (χ0v) is 10.8. The maximum atomic E-state index is 11.4. The summed E-state index contributed by atoms with van der Waals surface area (Å²) in [5.41, 5.74) is 3.19. The second-order valence-electron chi connectivity index (χ2n) is 4.69. The number of hydrogen-bond acceptors (Lipinski definition) is 4. The summed E-state index contributed by atoms with van der Waals surface area (Å²) >= 11 is 0. The first-order valence-electron chi connectivity index (χ1n) is 5.60. The zero-order valence-electron chi connectivity index (χ0n) is 9.97. The Labute approximate surface area is 102 Å². The van der Waals surface area contributed by atoms with Gasteiger partial charge in [0.25, 0.3) is 0 Å². The van der Waals surface area contributed by atoms with Crippen LogP contribution in [0.25, 0.3) is 0 Å². The number of nitrogens with one attached hydrogen (secondary N) is 1. The van der Waals surface area contributed by atoms with Crippen molar-refractivity contribution < 1.29 is 13.5 Å². The highest BCUT2D eigenvalue weighted by Gasteiger charge is 2.36. The van der Waals surface area contributed by atoms with Gasteiger partial charge in [-0.3, -0.25) is 0 Å². The van der Waals surface area contributed by atoms with Crippen molar-refractivity contribution in [2.45, 2.75) is 26.0 Å². The van der Waals surface area contributed by atoms with Crippen molar-refractivity contribution >= 4 is 15.5 Å². The third kappa shape index (κ3) is 2.79. The van der Waals surface area contributed by atoms with E-state index in [1.807, 2.05) is 32.0 Å². The van der Waals surface area contributed by atoms with Crippen LogP contribution in [-0.4, -0.2) is 37.2 Å². The van der Waals surface area contributed by atoms with Gasteiger partial charge in [-0.25, -0.2) is 8.42 Å². The van der Waals surface area contributed by atoms with Gasteiger partial charge in [-0.15, -0.1) is 0 Å². The number of benzene rings is 1. The topological polar surface area (TPSA) is 66.4 Å². The smallest absolute Gasteiger partial charge is 0.155 e. The van der Waals surface area contributed by atoms with E-state index in [-0.39, 0.29) is 11.5 Å². The Balaban J connectivity index is 2.14. The van der Waals surface area contributed by atoms with Crippen molar-refractivity contribution in [2.24, 2.45) is 0 Å². The normalized spacial score (nSPS) is 27.0. The van der Waals surface area contributed by atoms with Crippen LogP contribution in [0, 0.1) is 13.8 Å². The highest BCUT2D eigenvalue weighted by Crippen LogP contribution is 2.20. The van der Waals surface area contributed by atoms with E-state index >= 15 is 0 Å². The van der Waals surface area contributed by atoms with Crippen molar-refractivity contribution in [3.8, 4) is 0 Å². The van der Waals surface area contributed by atoms with Crippen molar-refractivity contribution in [3.05, 3.63) is 29.3 Å². The fraction of sp³-hybridized carbons (Fsp3) is 0.500. The van der Waals surface area contributed by atoms with Crippen LogP contribution < -0.4 is 5.32 Å². The van der Waals surface area contributed by atoms with Gasteiger partial charge in [-0.05, 0) is 37.1 Å². The predicted octanol–water partition coefficient (Wildman–Crippen LogP) is 0.873. The molecular formula is C12H17NO3S. The number of sulfone groups is 1. The van der Waals surface area contributed by atoms with Crippen molar-refractivity contribution in [3.63, 3.8) is 0 Å². The summed E-state index contributed by atoms with van der Waals surface area (Å²) in [4.78, 5) is 0. The monoisotopic (exact) mass is 255 g/mol. The van der Waals surface area contributed by atoms with E-state index in [0.29, 0.717) is 0 Å². The number of hydrogen-bond donors (Lipinski definition) is 2. The van der Waals surface area contributed by atoms with Gasteiger partial charge >= 0.3 is 0 Å². The Morgan fingerprint density at radius 2 is 1.94 bits per heavy atom. The molecule has 0 bridgehead atoms. The molecule has 0 amide bonds. The number of aryl methyl sites for hydroxylation is 2. The molecule has 0 saturated carbocycles. The van der Waals surface area contributed by atoms with Gasteiger partial charge < -0.3 is 10.4 Å². The Bertz CT molecular complexity index is 525. The summed E-state index contributed by atoms with van der Waals surface area (Å²) in [5, 5.41) is 12.8. The van der Waals surface area contributed by atoms with Crippen LogP contribution in [0.5, 0.6) is 0 Å². The third-order valence-corrected chi connectivity index (χ3v) is 4.90. The number of aliphatic hydroxyl groups excluding tert-OH is 1. The van der Waals surface area contributed by atoms with Gasteiger partial charge in [-0.2, -0.15) is 0 Å². The number of aliphatic hydroxyl groups is 1. The number of rotatable bonds is 2. The highest BCUT2D eigenvalue weighted by atomic mass is 32.2. The van der Waals surface area contributed by atoms with Gasteiger partial charge in [0.1, 0.15) is 0 Å². The minimum atomic E-state index is -3.10. The van der Waals surface area contributed by atoms with Crippen molar-refractivity contribution in [1.82, 2.24) is 0 Å². The van der Waals surface area contributed by atoms with E-state index in [0.717, 1.165) is 11.3 Å². The molecular weight excluding hydrogens is 238 g/mol. The second kappa shape index (κ2) is 4.31. The van der Waals surface area contributed by atoms with Crippen LogP contribution in [0.2, 0.25) is 0 Å². The van der Waals surface area contributed by atoms with Crippen LogP contribution in [0.1, 0.15) is 11.1 Å². The standard InChI is InChI=1S/C12H17NO3S/c1-8-3-4-10(5-9(8)2)13-11-6-17(15,16)7-12(11)14/h3-5,11-14H,6-7H2,1-2H3/t11-,12-/m1/s1. The summed E-state index contributed by atoms with van der Waals surface area (Å²) in [7, 11) is -3.10. The maximum Gasteiger partial charge on any atom is 0.155 e. The Kier molecular flexibility index (Phi) is 3.14. The van der Waals surface area contributed by atoms with E-state index in [2.05, 4.69) is 5.32 Å². The molecule has 1 aromatic carbocycles. The molecule has 2 atom stereocenters.